The Morgan fingerprint density at radius 3 is 2.73 bits per heavy atom. The van der Waals surface area contributed by atoms with Crippen molar-refractivity contribution < 1.29 is 18.8 Å². The summed E-state index contributed by atoms with van der Waals surface area (Å²) < 4.78 is 16.2. The maximum Gasteiger partial charge on any atom is 0.409 e. The summed E-state index contributed by atoms with van der Waals surface area (Å²) in [4.78, 5) is 18.0. The minimum Gasteiger partial charge on any atom is -0.485 e. The van der Waals surface area contributed by atoms with E-state index in [0.717, 1.165) is 37.2 Å². The molecule has 1 aromatic heterocycles. The number of hydrogen-bond acceptors (Lipinski definition) is 6. The highest BCUT2D eigenvalue weighted by Crippen LogP contribution is 2.23. The molecule has 1 fully saturated rings. The molecular weight excluding hydrogens is 382 g/mol. The molecule has 1 atom stereocenters. The van der Waals surface area contributed by atoms with Gasteiger partial charge in [0.15, 0.2) is 6.61 Å². The molecule has 1 aliphatic rings. The molecule has 0 spiro atoms. The molecule has 0 saturated carbocycles. The van der Waals surface area contributed by atoms with Crippen molar-refractivity contribution in [3.05, 3.63) is 66.0 Å². The first-order valence-corrected chi connectivity index (χ1v) is 10.2. The monoisotopic (exact) mass is 407 g/mol. The molecule has 1 saturated heterocycles. The lowest BCUT2D eigenvalue weighted by molar-refractivity contribution is 0.114. The number of amides is 1. The van der Waals surface area contributed by atoms with Gasteiger partial charge in [-0.15, -0.1) is 0 Å². The minimum atomic E-state index is -0.208. The minimum absolute atomic E-state index is 0.208. The topological polar surface area (TPSA) is 77.7 Å². The third-order valence-electron chi connectivity index (χ3n) is 5.12. The molecule has 0 bridgehead atoms. The van der Waals surface area contributed by atoms with Crippen molar-refractivity contribution in [2.75, 3.05) is 19.7 Å². The summed E-state index contributed by atoms with van der Waals surface area (Å²) in [6.07, 6.45) is 1.72. The zero-order valence-corrected chi connectivity index (χ0v) is 17.0. The molecule has 30 heavy (non-hydrogen) atoms. The normalized spacial score (nSPS) is 15.9. The van der Waals surface area contributed by atoms with Crippen molar-refractivity contribution in [1.29, 1.82) is 0 Å². The van der Waals surface area contributed by atoms with Crippen molar-refractivity contribution in [2.24, 2.45) is 5.92 Å². The number of nitrogens with zero attached hydrogens (tertiary/aromatic N) is 3. The van der Waals surface area contributed by atoms with Gasteiger partial charge in [-0.1, -0.05) is 35.5 Å². The van der Waals surface area contributed by atoms with E-state index in [1.807, 2.05) is 49.4 Å². The van der Waals surface area contributed by atoms with Crippen molar-refractivity contribution >= 4 is 6.09 Å². The number of carbonyl (C=O) groups excluding carboxylic acids is 1. The van der Waals surface area contributed by atoms with Crippen LogP contribution in [0.15, 0.2) is 59.1 Å². The second-order valence-electron chi connectivity index (χ2n) is 7.32. The van der Waals surface area contributed by atoms with Crippen LogP contribution < -0.4 is 4.74 Å². The van der Waals surface area contributed by atoms with Crippen molar-refractivity contribution in [3.8, 4) is 17.2 Å². The Balaban J connectivity index is 1.26. The van der Waals surface area contributed by atoms with Gasteiger partial charge >= 0.3 is 6.09 Å². The first kappa shape index (κ1) is 19.9. The number of benzene rings is 2. The molecule has 0 radical (unpaired) electrons. The average molecular weight is 407 g/mol. The summed E-state index contributed by atoms with van der Waals surface area (Å²) in [5, 5.41) is 3.97. The SMILES string of the molecule is CCOC(=O)N1CC[C@H](Cc2ccc(OCc3noc(-c4ccccc4)n3)cc2)C1. The summed E-state index contributed by atoms with van der Waals surface area (Å²) in [5.74, 6) is 2.20. The van der Waals surface area contributed by atoms with Crippen LogP contribution in [0.1, 0.15) is 24.7 Å². The van der Waals surface area contributed by atoms with E-state index in [9.17, 15) is 4.79 Å². The van der Waals surface area contributed by atoms with E-state index in [2.05, 4.69) is 22.3 Å². The van der Waals surface area contributed by atoms with Crippen LogP contribution in [0.2, 0.25) is 0 Å². The fraction of sp³-hybridized carbons (Fsp3) is 0.348. The maximum atomic E-state index is 11.8. The molecule has 156 valence electrons. The van der Waals surface area contributed by atoms with Crippen LogP contribution >= 0.6 is 0 Å². The van der Waals surface area contributed by atoms with Gasteiger partial charge in [0.25, 0.3) is 5.89 Å². The Hall–Kier alpha value is -3.35. The summed E-state index contributed by atoms with van der Waals surface area (Å²) >= 11 is 0. The maximum absolute atomic E-state index is 11.8. The zero-order chi connectivity index (χ0) is 20.8. The Labute approximate surface area is 175 Å². The molecule has 1 amide bonds. The van der Waals surface area contributed by atoms with E-state index in [1.165, 1.54) is 5.56 Å². The molecular formula is C23H25N3O4. The third-order valence-corrected chi connectivity index (χ3v) is 5.12. The van der Waals surface area contributed by atoms with Gasteiger partial charge in [-0.2, -0.15) is 4.98 Å². The quantitative estimate of drug-likeness (QED) is 0.580. The van der Waals surface area contributed by atoms with E-state index < -0.39 is 0 Å². The third kappa shape index (κ3) is 4.97. The second-order valence-corrected chi connectivity index (χ2v) is 7.32. The van der Waals surface area contributed by atoms with Gasteiger partial charge < -0.3 is 18.9 Å². The lowest BCUT2D eigenvalue weighted by Crippen LogP contribution is -2.29. The van der Waals surface area contributed by atoms with Crippen molar-refractivity contribution in [2.45, 2.75) is 26.4 Å². The highest BCUT2D eigenvalue weighted by atomic mass is 16.6. The Bertz CT molecular complexity index is 956. The molecule has 4 rings (SSSR count). The first-order valence-electron chi connectivity index (χ1n) is 10.2. The van der Waals surface area contributed by atoms with Gasteiger partial charge in [-0.25, -0.2) is 4.79 Å². The average Bonchev–Trinajstić information content (AvgIpc) is 3.44. The van der Waals surface area contributed by atoms with Gasteiger partial charge in [-0.05, 0) is 55.5 Å². The predicted octanol–water partition coefficient (Wildman–Crippen LogP) is 4.34. The molecule has 1 aliphatic heterocycles. The molecule has 0 unspecified atom stereocenters. The van der Waals surface area contributed by atoms with E-state index in [4.69, 9.17) is 14.0 Å². The highest BCUT2D eigenvalue weighted by Gasteiger charge is 2.27. The second kappa shape index (κ2) is 9.43. The standard InChI is InChI=1S/C23H25N3O4/c1-2-28-23(27)26-13-12-18(15-26)14-17-8-10-20(11-9-17)29-16-21-24-22(30-25-21)19-6-4-3-5-7-19/h3-11,18H,2,12-16H2,1H3/t18-/m1/s1. The number of hydrogen-bond donors (Lipinski definition) is 0. The van der Waals surface area contributed by atoms with E-state index >= 15 is 0 Å². The van der Waals surface area contributed by atoms with Crippen LogP contribution in [0, 0.1) is 5.92 Å². The van der Waals surface area contributed by atoms with Crippen LogP contribution in [0.3, 0.4) is 0 Å². The number of carbonyl (C=O) groups is 1. The fourth-order valence-corrected chi connectivity index (χ4v) is 3.59. The number of ether oxygens (including phenoxy) is 2. The Morgan fingerprint density at radius 1 is 1.17 bits per heavy atom. The number of aromatic nitrogens is 2. The summed E-state index contributed by atoms with van der Waals surface area (Å²) in [6, 6.07) is 17.7. The van der Waals surface area contributed by atoms with Crippen LogP contribution in [-0.2, 0) is 17.8 Å². The molecule has 3 aromatic rings. The lowest BCUT2D eigenvalue weighted by atomic mass is 9.99. The molecule has 0 N–H and O–H groups in total. The van der Waals surface area contributed by atoms with E-state index in [1.54, 1.807) is 4.90 Å². The van der Waals surface area contributed by atoms with Gasteiger partial charge in [0.05, 0.1) is 6.61 Å². The predicted molar refractivity (Wildman–Crippen MR) is 111 cm³/mol. The van der Waals surface area contributed by atoms with Crippen molar-refractivity contribution in [3.63, 3.8) is 0 Å². The summed E-state index contributed by atoms with van der Waals surface area (Å²) in [5.41, 5.74) is 2.11. The van der Waals surface area contributed by atoms with Crippen LogP contribution in [0.5, 0.6) is 5.75 Å². The molecule has 7 nitrogen and oxygen atoms in total. The number of likely N-dealkylation sites (tertiary alicyclic amines) is 1. The number of rotatable bonds is 7. The van der Waals surface area contributed by atoms with Gasteiger partial charge in [0.1, 0.15) is 5.75 Å². The van der Waals surface area contributed by atoms with Crippen LogP contribution in [-0.4, -0.2) is 40.8 Å². The zero-order valence-electron chi connectivity index (χ0n) is 17.0. The fourth-order valence-electron chi connectivity index (χ4n) is 3.59. The van der Waals surface area contributed by atoms with Crippen molar-refractivity contribution in [1.82, 2.24) is 15.0 Å². The lowest BCUT2D eigenvalue weighted by Gasteiger charge is -2.15. The largest absolute Gasteiger partial charge is 0.485 e. The van der Waals surface area contributed by atoms with E-state index in [0.29, 0.717) is 24.2 Å². The molecule has 2 aromatic carbocycles. The highest BCUT2D eigenvalue weighted by molar-refractivity contribution is 5.67. The van der Waals surface area contributed by atoms with E-state index in [-0.39, 0.29) is 12.7 Å². The smallest absolute Gasteiger partial charge is 0.409 e. The molecule has 0 aliphatic carbocycles. The van der Waals surface area contributed by atoms with Gasteiger partial charge in [0.2, 0.25) is 5.82 Å². The Kier molecular flexibility index (Phi) is 6.27. The summed E-state index contributed by atoms with van der Waals surface area (Å²) in [7, 11) is 0. The molecule has 7 heteroatoms. The summed E-state index contributed by atoms with van der Waals surface area (Å²) in [6.45, 7) is 4.00. The van der Waals surface area contributed by atoms with Crippen LogP contribution in [0.4, 0.5) is 4.79 Å². The molecule has 2 heterocycles. The van der Waals surface area contributed by atoms with Gasteiger partial charge in [0, 0.05) is 18.7 Å². The Morgan fingerprint density at radius 2 is 1.97 bits per heavy atom. The first-order chi connectivity index (χ1) is 14.7. The van der Waals surface area contributed by atoms with Gasteiger partial charge in [-0.3, -0.25) is 0 Å². The van der Waals surface area contributed by atoms with Crippen LogP contribution in [0.25, 0.3) is 11.5 Å².